The summed E-state index contributed by atoms with van der Waals surface area (Å²) < 4.78 is 23.2. The van der Waals surface area contributed by atoms with Crippen molar-refractivity contribution < 1.29 is 28.3 Å². The van der Waals surface area contributed by atoms with Gasteiger partial charge in [-0.25, -0.2) is 13.9 Å². The number of benzene rings is 1. The summed E-state index contributed by atoms with van der Waals surface area (Å²) >= 11 is 0. The average Bonchev–Trinajstić information content (AvgIpc) is 2.69. The summed E-state index contributed by atoms with van der Waals surface area (Å²) in [4.78, 5) is 24.6. The predicted molar refractivity (Wildman–Crippen MR) is 105 cm³/mol. The maximum absolute atomic E-state index is 12.5. The molecule has 1 aromatic carbocycles. The molecule has 2 rings (SSSR count). The Morgan fingerprint density at radius 3 is 2.41 bits per heavy atom. The monoisotopic (exact) mass is 416 g/mol. The first-order valence-electron chi connectivity index (χ1n) is 8.55. The number of nitrogens with one attached hydrogen (secondary N) is 2. The first-order valence-corrected chi connectivity index (χ1v) is 10.4. The van der Waals surface area contributed by atoms with Crippen molar-refractivity contribution >= 4 is 21.7 Å². The van der Waals surface area contributed by atoms with E-state index in [9.17, 15) is 18.0 Å². The summed E-state index contributed by atoms with van der Waals surface area (Å²) in [6.45, 7) is 3.54. The summed E-state index contributed by atoms with van der Waals surface area (Å²) in [5.41, 5.74) is 1.10. The van der Waals surface area contributed by atoms with E-state index in [2.05, 4.69) is 35.6 Å². The normalized spacial score (nSPS) is 16.5. The molecule has 0 saturated carbocycles. The number of aliphatic hydroxyl groups is 1. The molecule has 1 fully saturated rings. The van der Waals surface area contributed by atoms with Crippen molar-refractivity contribution in [1.29, 1.82) is 0 Å². The summed E-state index contributed by atoms with van der Waals surface area (Å²) in [6, 6.07) is 4.86. The van der Waals surface area contributed by atoms with Gasteiger partial charge < -0.3 is 10.4 Å². The zero-order valence-electron chi connectivity index (χ0n) is 15.4. The van der Waals surface area contributed by atoms with Gasteiger partial charge in [0.25, 0.3) is 11.8 Å². The third-order valence-electron chi connectivity index (χ3n) is 4.35. The third kappa shape index (κ3) is 5.46. The van der Waals surface area contributed by atoms with Gasteiger partial charge in [-0.1, -0.05) is 17.9 Å². The highest BCUT2D eigenvalue weighted by atomic mass is 32.2. The second-order valence-corrected chi connectivity index (χ2v) is 8.52. The molecule has 0 bridgehead atoms. The lowest BCUT2D eigenvalue weighted by molar-refractivity contribution is -0.133. The van der Waals surface area contributed by atoms with Gasteiger partial charge in [0.2, 0.25) is 0 Å². The van der Waals surface area contributed by atoms with E-state index in [-0.39, 0.29) is 23.7 Å². The van der Waals surface area contributed by atoms with E-state index >= 15 is 0 Å². The topological polar surface area (TPSA) is 133 Å². The van der Waals surface area contributed by atoms with E-state index in [1.54, 1.807) is 12.1 Å². The minimum atomic E-state index is -3.33. The van der Waals surface area contributed by atoms with Crippen LogP contribution in [0.3, 0.4) is 0 Å². The highest BCUT2D eigenvalue weighted by Crippen LogP contribution is 2.37. The number of hydrogen-bond acceptors (Lipinski definition) is 6. The fourth-order valence-electron chi connectivity index (χ4n) is 2.90. The van der Waals surface area contributed by atoms with Crippen molar-refractivity contribution in [3.05, 3.63) is 48.0 Å². The molecule has 4 N–H and O–H groups in total. The first-order chi connectivity index (χ1) is 13.8. The summed E-state index contributed by atoms with van der Waals surface area (Å²) in [5.74, 6) is 8.39. The molecule has 1 atom stereocenters. The van der Waals surface area contributed by atoms with Crippen molar-refractivity contribution in [2.45, 2.75) is 12.5 Å². The maximum atomic E-state index is 12.5. The van der Waals surface area contributed by atoms with Crippen molar-refractivity contribution in [3.63, 3.8) is 0 Å². The molecular weight excluding hydrogens is 396 g/mol. The van der Waals surface area contributed by atoms with Crippen LogP contribution in [-0.2, 0) is 14.6 Å². The second kappa shape index (κ2) is 9.39. The number of aliphatic hydroxyl groups excluding tert-OH is 1. The fourth-order valence-corrected chi connectivity index (χ4v) is 5.02. The van der Waals surface area contributed by atoms with E-state index in [1.165, 1.54) is 23.7 Å². The van der Waals surface area contributed by atoms with Crippen molar-refractivity contribution in [1.82, 2.24) is 10.8 Å². The van der Waals surface area contributed by atoms with Crippen molar-refractivity contribution in [2.75, 3.05) is 18.1 Å². The molecule has 8 nitrogen and oxygen atoms in total. The zero-order chi connectivity index (χ0) is 21.5. The van der Waals surface area contributed by atoms with Gasteiger partial charge in [0.1, 0.15) is 6.04 Å². The lowest BCUT2D eigenvalue weighted by atomic mass is 9.82. The van der Waals surface area contributed by atoms with Crippen molar-refractivity contribution in [3.8, 4) is 23.7 Å². The quantitative estimate of drug-likeness (QED) is 0.216. The van der Waals surface area contributed by atoms with Gasteiger partial charge >= 0.3 is 0 Å². The SMILES string of the molecule is C=CC1([C@H](NC(=O)c2ccc(C#CC#CCCO)cc2)C(=O)NO)CS(=O)(=O)C1. The van der Waals surface area contributed by atoms with E-state index in [0.29, 0.717) is 12.0 Å². The number of carbonyl (C=O) groups excluding carboxylic acids is 2. The van der Waals surface area contributed by atoms with Gasteiger partial charge in [-0.2, -0.15) is 0 Å². The van der Waals surface area contributed by atoms with Crippen LogP contribution in [0.25, 0.3) is 0 Å². The molecular formula is C20H20N2O6S. The molecule has 0 unspecified atom stereocenters. The number of hydrogen-bond donors (Lipinski definition) is 4. The van der Waals surface area contributed by atoms with Crippen LogP contribution in [0.4, 0.5) is 0 Å². The van der Waals surface area contributed by atoms with Crippen LogP contribution < -0.4 is 10.8 Å². The summed E-state index contributed by atoms with van der Waals surface area (Å²) in [6.07, 6.45) is 1.65. The molecule has 0 radical (unpaired) electrons. The molecule has 0 aliphatic carbocycles. The van der Waals surface area contributed by atoms with Crippen LogP contribution >= 0.6 is 0 Å². The van der Waals surface area contributed by atoms with Crippen LogP contribution in [0.1, 0.15) is 22.3 Å². The number of amides is 2. The van der Waals surface area contributed by atoms with E-state index in [1.807, 2.05) is 0 Å². The van der Waals surface area contributed by atoms with Crippen molar-refractivity contribution in [2.24, 2.45) is 5.41 Å². The van der Waals surface area contributed by atoms with E-state index in [4.69, 9.17) is 10.3 Å². The van der Waals surface area contributed by atoms with Crippen LogP contribution in [0, 0.1) is 29.1 Å². The van der Waals surface area contributed by atoms with Gasteiger partial charge in [0.05, 0.1) is 18.1 Å². The number of sulfone groups is 1. The largest absolute Gasteiger partial charge is 0.395 e. The Bertz CT molecular complexity index is 1010. The number of hydroxylamine groups is 1. The number of carbonyl (C=O) groups is 2. The third-order valence-corrected chi connectivity index (χ3v) is 6.30. The summed E-state index contributed by atoms with van der Waals surface area (Å²) in [5, 5.41) is 20.1. The molecule has 2 amide bonds. The van der Waals surface area contributed by atoms with Gasteiger partial charge in [-0.15, -0.1) is 6.58 Å². The molecule has 1 aliphatic heterocycles. The Kier molecular flexibility index (Phi) is 7.18. The molecule has 9 heteroatoms. The predicted octanol–water partition coefficient (Wildman–Crippen LogP) is -0.371. The minimum absolute atomic E-state index is 0.0349. The Balaban J connectivity index is 2.15. The average molecular weight is 416 g/mol. The maximum Gasteiger partial charge on any atom is 0.266 e. The Morgan fingerprint density at radius 1 is 1.24 bits per heavy atom. The second-order valence-electron chi connectivity index (χ2n) is 6.45. The first kappa shape index (κ1) is 22.2. The van der Waals surface area contributed by atoms with E-state index in [0.717, 1.165) is 0 Å². The molecule has 1 heterocycles. The standard InChI is InChI=1S/C20H20N2O6S/c1-2-20(13-29(27,28)14-20)17(19(25)22-26)21-18(24)16-10-8-15(9-11-16)7-5-3-4-6-12-23/h2,8-11,17,23,26H,1,6,12-14H2,(H,21,24)(H,22,25)/t17-/m1/s1. The van der Waals surface area contributed by atoms with Crippen LogP contribution in [0.2, 0.25) is 0 Å². The molecule has 29 heavy (non-hydrogen) atoms. The Morgan fingerprint density at radius 2 is 1.90 bits per heavy atom. The Labute approximate surface area is 168 Å². The number of rotatable bonds is 6. The smallest absolute Gasteiger partial charge is 0.266 e. The van der Waals surface area contributed by atoms with Gasteiger partial charge in [0.15, 0.2) is 9.84 Å². The highest BCUT2D eigenvalue weighted by molar-refractivity contribution is 7.92. The molecule has 152 valence electrons. The lowest BCUT2D eigenvalue weighted by Crippen LogP contribution is -2.64. The lowest BCUT2D eigenvalue weighted by Gasteiger charge is -2.43. The summed E-state index contributed by atoms with van der Waals surface area (Å²) in [7, 11) is -3.33. The molecule has 1 aliphatic rings. The minimum Gasteiger partial charge on any atom is -0.395 e. The van der Waals surface area contributed by atoms with Crippen LogP contribution in [-0.4, -0.2) is 54.7 Å². The molecule has 1 saturated heterocycles. The van der Waals surface area contributed by atoms with E-state index < -0.39 is 33.1 Å². The molecule has 1 aromatic rings. The van der Waals surface area contributed by atoms with Crippen LogP contribution in [0.15, 0.2) is 36.9 Å². The highest BCUT2D eigenvalue weighted by Gasteiger charge is 2.54. The van der Waals surface area contributed by atoms with Crippen LogP contribution in [0.5, 0.6) is 0 Å². The molecule has 0 aromatic heterocycles. The van der Waals surface area contributed by atoms with Gasteiger partial charge in [-0.05, 0) is 36.1 Å². The molecule has 0 spiro atoms. The van der Waals surface area contributed by atoms with Gasteiger partial charge in [-0.3, -0.25) is 14.8 Å². The fraction of sp³-hybridized carbons (Fsp3) is 0.300. The zero-order valence-corrected chi connectivity index (χ0v) is 16.3. The Hall–Kier alpha value is -3.11. The van der Waals surface area contributed by atoms with Gasteiger partial charge in [0, 0.05) is 23.0 Å².